The predicted molar refractivity (Wildman–Crippen MR) is 129 cm³/mol. The van der Waals surface area contributed by atoms with Crippen molar-refractivity contribution < 1.29 is 13.2 Å². The molecule has 2 heterocycles. The van der Waals surface area contributed by atoms with Gasteiger partial charge >= 0.3 is 0 Å². The summed E-state index contributed by atoms with van der Waals surface area (Å²) in [4.78, 5) is 17.3. The summed E-state index contributed by atoms with van der Waals surface area (Å²) in [6.45, 7) is 5.19. The number of anilines is 1. The van der Waals surface area contributed by atoms with E-state index in [0.29, 0.717) is 40.6 Å². The molecule has 1 aliphatic heterocycles. The Morgan fingerprint density at radius 1 is 1.06 bits per heavy atom. The monoisotopic (exact) mass is 489 g/mol. The fourth-order valence-electron chi connectivity index (χ4n) is 3.98. The van der Waals surface area contributed by atoms with Crippen molar-refractivity contribution in [1.29, 1.82) is 0 Å². The third kappa shape index (κ3) is 5.04. The van der Waals surface area contributed by atoms with Crippen LogP contribution < -0.4 is 5.32 Å². The third-order valence-electron chi connectivity index (χ3n) is 5.45. The average molecular weight is 490 g/mol. The topological polar surface area (TPSA) is 79.4 Å². The molecule has 1 aliphatic rings. The smallest absolute Gasteiger partial charge is 0.257 e. The Kier molecular flexibility index (Phi) is 6.67. The van der Waals surface area contributed by atoms with Crippen LogP contribution in [-0.2, 0) is 10.0 Å². The van der Waals surface area contributed by atoms with Crippen LogP contribution in [0.3, 0.4) is 0 Å². The van der Waals surface area contributed by atoms with Crippen molar-refractivity contribution in [3.63, 3.8) is 0 Å². The number of piperidine rings is 1. The number of carbonyl (C=O) groups excluding carboxylic acids is 1. The highest BCUT2D eigenvalue weighted by Crippen LogP contribution is 2.28. The van der Waals surface area contributed by atoms with Crippen LogP contribution in [0.15, 0.2) is 58.8 Å². The van der Waals surface area contributed by atoms with Crippen LogP contribution in [0.2, 0.25) is 5.02 Å². The Morgan fingerprint density at radius 2 is 1.69 bits per heavy atom. The lowest BCUT2D eigenvalue weighted by Crippen LogP contribution is -2.42. The lowest BCUT2D eigenvalue weighted by Gasteiger charge is -2.34. The molecule has 0 aliphatic carbocycles. The molecule has 1 fully saturated rings. The SMILES string of the molecule is C[C@H]1C[C@H](C)CN(S(=O)(=O)c2ccc(C(=O)Nc3nc(-c4ccc(Cl)cc4)cs3)cc2)C1. The summed E-state index contributed by atoms with van der Waals surface area (Å²) < 4.78 is 27.6. The van der Waals surface area contributed by atoms with E-state index in [9.17, 15) is 13.2 Å². The highest BCUT2D eigenvalue weighted by atomic mass is 35.5. The summed E-state index contributed by atoms with van der Waals surface area (Å²) >= 11 is 7.24. The van der Waals surface area contributed by atoms with E-state index < -0.39 is 10.0 Å². The van der Waals surface area contributed by atoms with E-state index in [4.69, 9.17) is 11.6 Å². The second kappa shape index (κ2) is 9.31. The molecule has 9 heteroatoms. The third-order valence-corrected chi connectivity index (χ3v) is 8.31. The van der Waals surface area contributed by atoms with Gasteiger partial charge in [0.25, 0.3) is 5.91 Å². The van der Waals surface area contributed by atoms with Gasteiger partial charge in [-0.15, -0.1) is 11.3 Å². The minimum Gasteiger partial charge on any atom is -0.298 e. The second-order valence-corrected chi connectivity index (χ2v) is 11.5. The first-order chi connectivity index (χ1) is 15.2. The molecule has 0 unspecified atom stereocenters. The Labute approximate surface area is 197 Å². The largest absolute Gasteiger partial charge is 0.298 e. The maximum absolute atomic E-state index is 13.0. The molecular weight excluding hydrogens is 466 g/mol. The van der Waals surface area contributed by atoms with Crippen LogP contribution in [0.25, 0.3) is 11.3 Å². The summed E-state index contributed by atoms with van der Waals surface area (Å²) in [5.74, 6) is 0.315. The Hall–Kier alpha value is -2.26. The number of halogens is 1. The molecule has 1 saturated heterocycles. The van der Waals surface area contributed by atoms with Gasteiger partial charge in [-0.1, -0.05) is 37.6 Å². The van der Waals surface area contributed by atoms with Crippen molar-refractivity contribution in [2.24, 2.45) is 11.8 Å². The summed E-state index contributed by atoms with van der Waals surface area (Å²) in [6.07, 6.45) is 1.03. The number of thiazole rings is 1. The van der Waals surface area contributed by atoms with Gasteiger partial charge < -0.3 is 0 Å². The molecule has 1 aromatic heterocycles. The molecule has 1 amide bonds. The number of sulfonamides is 1. The summed E-state index contributed by atoms with van der Waals surface area (Å²) in [7, 11) is -3.58. The fourth-order valence-corrected chi connectivity index (χ4v) is 6.50. The Balaban J connectivity index is 1.45. The molecule has 0 radical (unpaired) electrons. The molecule has 4 rings (SSSR count). The van der Waals surface area contributed by atoms with Crippen LogP contribution in [0.5, 0.6) is 0 Å². The van der Waals surface area contributed by atoms with Crippen molar-refractivity contribution in [1.82, 2.24) is 9.29 Å². The van der Waals surface area contributed by atoms with Gasteiger partial charge in [-0.3, -0.25) is 10.1 Å². The van der Waals surface area contributed by atoms with Crippen molar-refractivity contribution >= 4 is 44.0 Å². The van der Waals surface area contributed by atoms with E-state index in [0.717, 1.165) is 17.7 Å². The average Bonchev–Trinajstić information content (AvgIpc) is 3.22. The van der Waals surface area contributed by atoms with Gasteiger partial charge in [0, 0.05) is 34.6 Å². The highest BCUT2D eigenvalue weighted by Gasteiger charge is 2.31. The van der Waals surface area contributed by atoms with Gasteiger partial charge in [-0.05, 0) is 54.7 Å². The lowest BCUT2D eigenvalue weighted by molar-refractivity contribution is 0.102. The highest BCUT2D eigenvalue weighted by molar-refractivity contribution is 7.89. The summed E-state index contributed by atoms with van der Waals surface area (Å²) in [6, 6.07) is 13.4. The maximum atomic E-state index is 13.0. The minimum atomic E-state index is -3.58. The molecule has 6 nitrogen and oxygen atoms in total. The molecule has 0 bridgehead atoms. The van der Waals surface area contributed by atoms with Crippen LogP contribution in [0.1, 0.15) is 30.6 Å². The molecule has 3 aromatic rings. The van der Waals surface area contributed by atoms with Crippen molar-refractivity contribution in [2.75, 3.05) is 18.4 Å². The fraction of sp³-hybridized carbons (Fsp3) is 0.304. The second-order valence-electron chi connectivity index (χ2n) is 8.29. The predicted octanol–water partition coefficient (Wildman–Crippen LogP) is 5.38. The van der Waals surface area contributed by atoms with E-state index in [-0.39, 0.29) is 10.8 Å². The number of nitrogens with zero attached hydrogens (tertiary/aromatic N) is 2. The number of benzene rings is 2. The van der Waals surface area contributed by atoms with Gasteiger partial charge in [0.15, 0.2) is 5.13 Å². The number of aromatic nitrogens is 1. The minimum absolute atomic E-state index is 0.203. The van der Waals surface area contributed by atoms with Crippen molar-refractivity contribution in [3.8, 4) is 11.3 Å². The van der Waals surface area contributed by atoms with E-state index in [1.165, 1.54) is 35.6 Å². The zero-order chi connectivity index (χ0) is 22.9. The van der Waals surface area contributed by atoms with Gasteiger partial charge in [0.05, 0.1) is 10.6 Å². The van der Waals surface area contributed by atoms with Gasteiger partial charge in [0.1, 0.15) is 0 Å². The number of rotatable bonds is 5. The number of amides is 1. The van der Waals surface area contributed by atoms with E-state index >= 15 is 0 Å². The van der Waals surface area contributed by atoms with Gasteiger partial charge in [0.2, 0.25) is 10.0 Å². The number of hydrogen-bond acceptors (Lipinski definition) is 5. The van der Waals surface area contributed by atoms with Gasteiger partial charge in [-0.25, -0.2) is 13.4 Å². The molecule has 32 heavy (non-hydrogen) atoms. The first-order valence-corrected chi connectivity index (χ1v) is 13.0. The zero-order valence-electron chi connectivity index (χ0n) is 17.8. The first-order valence-electron chi connectivity index (χ1n) is 10.4. The quantitative estimate of drug-likeness (QED) is 0.521. The van der Waals surface area contributed by atoms with Crippen LogP contribution in [0.4, 0.5) is 5.13 Å². The molecule has 168 valence electrons. The van der Waals surface area contributed by atoms with Crippen molar-refractivity contribution in [3.05, 3.63) is 64.5 Å². The maximum Gasteiger partial charge on any atom is 0.257 e. The van der Waals surface area contributed by atoms with Crippen LogP contribution >= 0.6 is 22.9 Å². The Morgan fingerprint density at radius 3 is 2.31 bits per heavy atom. The molecular formula is C23H24ClN3O3S2. The molecule has 2 aromatic carbocycles. The van der Waals surface area contributed by atoms with Crippen molar-refractivity contribution in [2.45, 2.75) is 25.2 Å². The number of carbonyl (C=O) groups is 1. The standard InChI is InChI=1S/C23H24ClN3O3S2/c1-15-11-16(2)13-27(12-15)32(29,30)20-9-5-18(6-10-20)22(28)26-23-25-21(14-31-23)17-3-7-19(24)8-4-17/h3-10,14-16H,11-13H2,1-2H3,(H,25,26,28)/t15-,16-/m0/s1. The van der Waals surface area contributed by atoms with Crippen LogP contribution in [-0.4, -0.2) is 36.7 Å². The van der Waals surface area contributed by atoms with Gasteiger partial charge in [-0.2, -0.15) is 4.31 Å². The Bertz CT molecular complexity index is 1200. The zero-order valence-corrected chi connectivity index (χ0v) is 20.2. The number of hydrogen-bond donors (Lipinski definition) is 1. The molecule has 0 spiro atoms. The summed E-state index contributed by atoms with van der Waals surface area (Å²) in [5.41, 5.74) is 2.02. The van der Waals surface area contributed by atoms with E-state index in [1.807, 2.05) is 17.5 Å². The van der Waals surface area contributed by atoms with E-state index in [1.54, 1.807) is 16.4 Å². The van der Waals surface area contributed by atoms with Crippen LogP contribution in [0, 0.1) is 11.8 Å². The first kappa shape index (κ1) is 22.9. The summed E-state index contributed by atoms with van der Waals surface area (Å²) in [5, 5.41) is 5.74. The molecule has 1 N–H and O–H groups in total. The van der Waals surface area contributed by atoms with E-state index in [2.05, 4.69) is 24.1 Å². The normalized spacial score (nSPS) is 19.6. The lowest BCUT2D eigenvalue weighted by atomic mass is 9.94. The number of nitrogens with one attached hydrogen (secondary N) is 1. The molecule has 2 atom stereocenters. The molecule has 0 saturated carbocycles.